The number of hydrogen-bond donors (Lipinski definition) is 1. The molecule has 0 bridgehead atoms. The standard InChI is InChI=1S/C23H24FN7O/c1-29-20(5-7-27-29)18-12-26-23(31-14-15(28-22(18)31)13-30-8-2-9-30)25-11-17-16-6-10-32-21(16)4-3-19(17)24/h3-5,7,12,14H,2,6,8-11,13H2,1H3,(H,25,26). The van der Waals surface area contributed by atoms with Gasteiger partial charge in [-0.3, -0.25) is 14.0 Å². The maximum Gasteiger partial charge on any atom is 0.208 e. The molecule has 5 heterocycles. The molecule has 2 aliphatic rings. The minimum Gasteiger partial charge on any atom is -0.493 e. The average molecular weight is 433 g/mol. The van der Waals surface area contributed by atoms with Crippen molar-refractivity contribution in [2.45, 2.75) is 25.9 Å². The van der Waals surface area contributed by atoms with Gasteiger partial charge in [-0.05, 0) is 37.7 Å². The van der Waals surface area contributed by atoms with Crippen LogP contribution in [0.2, 0.25) is 0 Å². The van der Waals surface area contributed by atoms with E-state index in [4.69, 9.17) is 9.72 Å². The summed E-state index contributed by atoms with van der Waals surface area (Å²) in [5.41, 5.74) is 5.22. The second kappa shape index (κ2) is 7.59. The summed E-state index contributed by atoms with van der Waals surface area (Å²) in [5, 5.41) is 7.63. The topological polar surface area (TPSA) is 72.5 Å². The number of rotatable bonds is 6. The van der Waals surface area contributed by atoms with Crippen molar-refractivity contribution in [2.24, 2.45) is 7.05 Å². The number of likely N-dealkylation sites (tertiary alicyclic amines) is 1. The normalized spacial score (nSPS) is 15.6. The van der Waals surface area contributed by atoms with Crippen molar-refractivity contribution in [1.82, 2.24) is 29.0 Å². The van der Waals surface area contributed by atoms with Gasteiger partial charge in [-0.15, -0.1) is 0 Å². The van der Waals surface area contributed by atoms with Crippen LogP contribution in [0.15, 0.2) is 36.8 Å². The highest BCUT2D eigenvalue weighted by atomic mass is 19.1. The van der Waals surface area contributed by atoms with Crippen LogP contribution in [0, 0.1) is 5.82 Å². The maximum atomic E-state index is 14.6. The molecule has 0 amide bonds. The number of fused-ring (bicyclic) bond motifs is 2. The highest BCUT2D eigenvalue weighted by Crippen LogP contribution is 2.31. The molecule has 0 radical (unpaired) electrons. The number of nitrogens with one attached hydrogen (secondary N) is 1. The molecule has 3 aromatic heterocycles. The first-order valence-electron chi connectivity index (χ1n) is 10.9. The molecule has 4 aromatic rings. The van der Waals surface area contributed by atoms with Gasteiger partial charge < -0.3 is 10.1 Å². The van der Waals surface area contributed by atoms with Gasteiger partial charge in [-0.2, -0.15) is 5.10 Å². The Morgan fingerprint density at radius 3 is 2.91 bits per heavy atom. The SMILES string of the molecule is Cn1nccc1-c1cnc(NCc2c(F)ccc3c2CCO3)n2cc(CN3CCC3)nc12. The van der Waals surface area contributed by atoms with Gasteiger partial charge in [0, 0.05) is 56.3 Å². The van der Waals surface area contributed by atoms with Gasteiger partial charge >= 0.3 is 0 Å². The van der Waals surface area contributed by atoms with Gasteiger partial charge in [0.1, 0.15) is 11.6 Å². The summed E-state index contributed by atoms with van der Waals surface area (Å²) in [6.45, 7) is 3.93. The van der Waals surface area contributed by atoms with E-state index in [1.807, 2.05) is 34.6 Å². The minimum atomic E-state index is -0.228. The van der Waals surface area contributed by atoms with E-state index in [0.29, 0.717) is 24.7 Å². The lowest BCUT2D eigenvalue weighted by Crippen LogP contribution is -2.36. The number of imidazole rings is 1. The van der Waals surface area contributed by atoms with E-state index in [2.05, 4.69) is 20.3 Å². The highest BCUT2D eigenvalue weighted by Gasteiger charge is 2.21. The van der Waals surface area contributed by atoms with Gasteiger partial charge in [0.2, 0.25) is 5.95 Å². The van der Waals surface area contributed by atoms with Crippen LogP contribution in [0.25, 0.3) is 16.9 Å². The number of halogens is 1. The second-order valence-electron chi connectivity index (χ2n) is 8.35. The Morgan fingerprint density at radius 2 is 2.12 bits per heavy atom. The fourth-order valence-corrected chi connectivity index (χ4v) is 4.49. The van der Waals surface area contributed by atoms with Crippen LogP contribution in [-0.4, -0.2) is 48.7 Å². The first-order valence-corrected chi connectivity index (χ1v) is 10.9. The van der Waals surface area contributed by atoms with Crippen molar-refractivity contribution >= 4 is 11.6 Å². The van der Waals surface area contributed by atoms with Crippen molar-refractivity contribution in [3.05, 3.63) is 59.4 Å². The molecule has 1 saturated heterocycles. The molecule has 1 N–H and O–H groups in total. The van der Waals surface area contributed by atoms with Crippen molar-refractivity contribution in [3.8, 4) is 17.0 Å². The van der Waals surface area contributed by atoms with Crippen LogP contribution in [0.5, 0.6) is 5.75 Å². The van der Waals surface area contributed by atoms with E-state index in [9.17, 15) is 4.39 Å². The third-order valence-electron chi connectivity index (χ3n) is 6.34. The molecule has 0 aliphatic carbocycles. The van der Waals surface area contributed by atoms with E-state index < -0.39 is 0 Å². The smallest absolute Gasteiger partial charge is 0.208 e. The molecule has 8 nitrogen and oxygen atoms in total. The quantitative estimate of drug-likeness (QED) is 0.504. The zero-order valence-corrected chi connectivity index (χ0v) is 17.9. The van der Waals surface area contributed by atoms with E-state index >= 15 is 0 Å². The summed E-state index contributed by atoms with van der Waals surface area (Å²) in [7, 11) is 1.91. The first kappa shape index (κ1) is 19.2. The molecule has 164 valence electrons. The van der Waals surface area contributed by atoms with Crippen molar-refractivity contribution in [1.29, 1.82) is 0 Å². The molecule has 6 rings (SSSR count). The Kier molecular flexibility index (Phi) is 4.57. The summed E-state index contributed by atoms with van der Waals surface area (Å²) in [5.74, 6) is 1.17. The third kappa shape index (κ3) is 3.20. The van der Waals surface area contributed by atoms with Crippen LogP contribution < -0.4 is 10.1 Å². The van der Waals surface area contributed by atoms with Gasteiger partial charge in [-0.25, -0.2) is 14.4 Å². The lowest BCUT2D eigenvalue weighted by molar-refractivity contribution is 0.171. The Bertz CT molecular complexity index is 1310. The lowest BCUT2D eigenvalue weighted by Gasteiger charge is -2.29. The zero-order chi connectivity index (χ0) is 21.7. The van der Waals surface area contributed by atoms with Gasteiger partial charge in [-0.1, -0.05) is 0 Å². The summed E-state index contributed by atoms with van der Waals surface area (Å²) < 4.78 is 24.0. The predicted octanol–water partition coefficient (Wildman–Crippen LogP) is 3.02. The number of nitrogens with zero attached hydrogens (tertiary/aromatic N) is 6. The second-order valence-corrected chi connectivity index (χ2v) is 8.35. The molecule has 2 aliphatic heterocycles. The van der Waals surface area contributed by atoms with Crippen LogP contribution in [0.3, 0.4) is 0 Å². The van der Waals surface area contributed by atoms with Crippen LogP contribution in [0.4, 0.5) is 10.3 Å². The average Bonchev–Trinajstić information content (AvgIpc) is 3.49. The molecule has 0 saturated carbocycles. The molecule has 0 unspecified atom stereocenters. The molecule has 9 heteroatoms. The van der Waals surface area contributed by atoms with E-state index in [1.54, 1.807) is 12.3 Å². The van der Waals surface area contributed by atoms with E-state index in [0.717, 1.165) is 60.0 Å². The molecule has 0 atom stereocenters. The number of aryl methyl sites for hydroxylation is 1. The number of aromatic nitrogens is 5. The van der Waals surface area contributed by atoms with E-state index in [1.165, 1.54) is 12.5 Å². The Labute approximate surface area is 184 Å². The predicted molar refractivity (Wildman–Crippen MR) is 118 cm³/mol. The molecule has 1 aromatic carbocycles. The van der Waals surface area contributed by atoms with Crippen LogP contribution >= 0.6 is 0 Å². The molecule has 0 spiro atoms. The summed E-state index contributed by atoms with van der Waals surface area (Å²) in [6.07, 6.45) is 7.56. The summed E-state index contributed by atoms with van der Waals surface area (Å²) in [6, 6.07) is 5.13. The molecular formula is C23H24FN7O. The Morgan fingerprint density at radius 1 is 1.22 bits per heavy atom. The van der Waals surface area contributed by atoms with Crippen LogP contribution in [-0.2, 0) is 26.6 Å². The number of benzene rings is 1. The third-order valence-corrected chi connectivity index (χ3v) is 6.34. The van der Waals surface area contributed by atoms with Crippen molar-refractivity contribution in [2.75, 3.05) is 25.0 Å². The number of hydrogen-bond acceptors (Lipinski definition) is 6. The number of ether oxygens (including phenoxy) is 1. The highest BCUT2D eigenvalue weighted by molar-refractivity contribution is 5.76. The molecule has 32 heavy (non-hydrogen) atoms. The molecular weight excluding hydrogens is 409 g/mol. The minimum absolute atomic E-state index is 0.228. The fraction of sp³-hybridized carbons (Fsp3) is 0.348. The monoisotopic (exact) mass is 433 g/mol. The van der Waals surface area contributed by atoms with E-state index in [-0.39, 0.29) is 5.82 Å². The fourth-order valence-electron chi connectivity index (χ4n) is 4.49. The zero-order valence-electron chi connectivity index (χ0n) is 17.9. The maximum absolute atomic E-state index is 14.6. The summed E-state index contributed by atoms with van der Waals surface area (Å²) >= 11 is 0. The van der Waals surface area contributed by atoms with Crippen molar-refractivity contribution < 1.29 is 9.13 Å². The summed E-state index contributed by atoms with van der Waals surface area (Å²) in [4.78, 5) is 12.0. The molecule has 1 fully saturated rings. The van der Waals surface area contributed by atoms with Crippen molar-refractivity contribution in [3.63, 3.8) is 0 Å². The Hall–Kier alpha value is -3.46. The van der Waals surface area contributed by atoms with Crippen LogP contribution in [0.1, 0.15) is 23.2 Å². The lowest BCUT2D eigenvalue weighted by atomic mass is 10.0. The Balaban J connectivity index is 1.38. The van der Waals surface area contributed by atoms with Gasteiger partial charge in [0.15, 0.2) is 5.65 Å². The largest absolute Gasteiger partial charge is 0.493 e. The number of anilines is 1. The van der Waals surface area contributed by atoms with Gasteiger partial charge in [0.05, 0.1) is 23.6 Å². The van der Waals surface area contributed by atoms with Gasteiger partial charge in [0.25, 0.3) is 0 Å². The first-order chi connectivity index (χ1) is 15.7.